The molecule has 1 atom stereocenters. The van der Waals surface area contributed by atoms with Crippen LogP contribution in [-0.2, 0) is 16.1 Å². The van der Waals surface area contributed by atoms with Gasteiger partial charge >= 0.3 is 5.97 Å². The molecule has 0 radical (unpaired) electrons. The molecule has 0 saturated carbocycles. The summed E-state index contributed by atoms with van der Waals surface area (Å²) in [5, 5.41) is 14.0. The van der Waals surface area contributed by atoms with Crippen LogP contribution in [0.2, 0.25) is 0 Å². The Morgan fingerprint density at radius 1 is 1.42 bits per heavy atom. The molecule has 1 aromatic heterocycles. The molecule has 0 aliphatic carbocycles. The third-order valence-electron chi connectivity index (χ3n) is 4.77. The highest BCUT2D eigenvalue weighted by atomic mass is 16.5. The molecule has 2 heterocycles. The molecule has 7 nitrogen and oxygen atoms in total. The number of hydrogen-bond donors (Lipinski definition) is 1. The highest BCUT2D eigenvalue weighted by Crippen LogP contribution is 2.34. The molecule has 0 unspecified atom stereocenters. The number of piperidine rings is 1. The first-order valence-corrected chi connectivity index (χ1v) is 8.58. The molecule has 134 valence electrons. The number of aliphatic carboxylic acids is 1. The lowest BCUT2D eigenvalue weighted by Crippen LogP contribution is -2.50. The van der Waals surface area contributed by atoms with E-state index in [0.29, 0.717) is 51.3 Å². The SMILES string of the molecule is CCOCCn1nc(C)cc1C(=O)N1CCC[C@](CC)(C(=O)O)C1. The van der Waals surface area contributed by atoms with Crippen molar-refractivity contribution in [3.8, 4) is 0 Å². The minimum Gasteiger partial charge on any atom is -0.481 e. The number of aromatic nitrogens is 2. The zero-order valence-corrected chi connectivity index (χ0v) is 14.7. The number of likely N-dealkylation sites (tertiary alicyclic amines) is 1. The van der Waals surface area contributed by atoms with Crippen LogP contribution in [0.15, 0.2) is 6.07 Å². The Bertz CT molecular complexity index is 599. The van der Waals surface area contributed by atoms with Gasteiger partial charge in [-0.15, -0.1) is 0 Å². The van der Waals surface area contributed by atoms with Crippen molar-refractivity contribution in [2.45, 2.75) is 46.6 Å². The van der Waals surface area contributed by atoms with Crippen molar-refractivity contribution in [1.82, 2.24) is 14.7 Å². The van der Waals surface area contributed by atoms with E-state index in [1.165, 1.54) is 0 Å². The van der Waals surface area contributed by atoms with Crippen LogP contribution in [0.5, 0.6) is 0 Å². The molecule has 1 aromatic rings. The van der Waals surface area contributed by atoms with Crippen molar-refractivity contribution in [3.63, 3.8) is 0 Å². The van der Waals surface area contributed by atoms with E-state index in [1.54, 1.807) is 15.6 Å². The molecular weight excluding hydrogens is 310 g/mol. The van der Waals surface area contributed by atoms with Gasteiger partial charge in [-0.2, -0.15) is 5.10 Å². The largest absolute Gasteiger partial charge is 0.481 e. The first-order chi connectivity index (χ1) is 11.4. The van der Waals surface area contributed by atoms with Gasteiger partial charge in [0.25, 0.3) is 5.91 Å². The van der Waals surface area contributed by atoms with E-state index in [4.69, 9.17) is 4.74 Å². The van der Waals surface area contributed by atoms with Gasteiger partial charge in [-0.25, -0.2) is 0 Å². The summed E-state index contributed by atoms with van der Waals surface area (Å²) in [5.41, 5.74) is 0.440. The predicted octanol–water partition coefficient (Wildman–Crippen LogP) is 1.95. The van der Waals surface area contributed by atoms with Gasteiger partial charge in [0.1, 0.15) is 5.69 Å². The number of hydrogen-bond acceptors (Lipinski definition) is 4. The number of carbonyl (C=O) groups excluding carboxylic acids is 1. The number of amides is 1. The van der Waals surface area contributed by atoms with Crippen LogP contribution >= 0.6 is 0 Å². The number of carboxylic acids is 1. The highest BCUT2D eigenvalue weighted by molar-refractivity contribution is 5.93. The van der Waals surface area contributed by atoms with Crippen molar-refractivity contribution < 1.29 is 19.4 Å². The Hall–Kier alpha value is -1.89. The van der Waals surface area contributed by atoms with Gasteiger partial charge in [-0.1, -0.05) is 6.92 Å². The van der Waals surface area contributed by atoms with E-state index in [2.05, 4.69) is 5.10 Å². The summed E-state index contributed by atoms with van der Waals surface area (Å²) < 4.78 is 7.01. The zero-order chi connectivity index (χ0) is 17.7. The Kier molecular flexibility index (Phi) is 5.99. The quantitative estimate of drug-likeness (QED) is 0.769. The third kappa shape index (κ3) is 3.77. The molecular formula is C17H27N3O4. The first kappa shape index (κ1) is 18.4. The highest BCUT2D eigenvalue weighted by Gasteiger charge is 2.42. The van der Waals surface area contributed by atoms with E-state index < -0.39 is 11.4 Å². The first-order valence-electron chi connectivity index (χ1n) is 8.58. The fraction of sp³-hybridized carbons (Fsp3) is 0.706. The maximum Gasteiger partial charge on any atom is 0.311 e. The predicted molar refractivity (Wildman–Crippen MR) is 89.0 cm³/mol. The molecule has 1 aliphatic heterocycles. The van der Waals surface area contributed by atoms with Crippen LogP contribution in [0.25, 0.3) is 0 Å². The van der Waals surface area contributed by atoms with Gasteiger partial charge < -0.3 is 14.7 Å². The Labute approximate surface area is 142 Å². The average molecular weight is 337 g/mol. The Morgan fingerprint density at radius 2 is 2.17 bits per heavy atom. The Morgan fingerprint density at radius 3 is 2.79 bits per heavy atom. The number of ether oxygens (including phenoxy) is 1. The maximum atomic E-state index is 12.9. The smallest absolute Gasteiger partial charge is 0.311 e. The summed E-state index contributed by atoms with van der Waals surface area (Å²) in [6, 6.07) is 1.76. The monoisotopic (exact) mass is 337 g/mol. The lowest BCUT2D eigenvalue weighted by atomic mass is 9.77. The van der Waals surface area contributed by atoms with E-state index >= 15 is 0 Å². The number of rotatable bonds is 7. The molecule has 24 heavy (non-hydrogen) atoms. The van der Waals surface area contributed by atoms with Gasteiger partial charge in [0.05, 0.1) is 24.3 Å². The van der Waals surface area contributed by atoms with Gasteiger partial charge in [0.15, 0.2) is 0 Å². The lowest BCUT2D eigenvalue weighted by Gasteiger charge is -2.39. The summed E-state index contributed by atoms with van der Waals surface area (Å²) in [6.45, 7) is 8.10. The van der Waals surface area contributed by atoms with E-state index in [-0.39, 0.29) is 12.5 Å². The van der Waals surface area contributed by atoms with Gasteiger partial charge in [0.2, 0.25) is 0 Å². The second-order valence-electron chi connectivity index (χ2n) is 6.36. The molecule has 0 aromatic carbocycles. The molecule has 1 fully saturated rings. The second kappa shape index (κ2) is 7.79. The lowest BCUT2D eigenvalue weighted by molar-refractivity contribution is -0.152. The molecule has 0 bridgehead atoms. The normalized spacial score (nSPS) is 21.0. The van der Waals surface area contributed by atoms with Gasteiger partial charge in [0, 0.05) is 19.7 Å². The number of carbonyl (C=O) groups is 2. The van der Waals surface area contributed by atoms with Crippen molar-refractivity contribution in [2.24, 2.45) is 5.41 Å². The molecule has 1 aliphatic rings. The van der Waals surface area contributed by atoms with Crippen molar-refractivity contribution >= 4 is 11.9 Å². The summed E-state index contributed by atoms with van der Waals surface area (Å²) in [6.07, 6.45) is 1.85. The maximum absolute atomic E-state index is 12.9. The van der Waals surface area contributed by atoms with Crippen molar-refractivity contribution in [2.75, 3.05) is 26.3 Å². The molecule has 1 saturated heterocycles. The van der Waals surface area contributed by atoms with Crippen LogP contribution in [0.4, 0.5) is 0 Å². The van der Waals surface area contributed by atoms with Crippen LogP contribution in [0, 0.1) is 12.3 Å². The summed E-state index contributed by atoms with van der Waals surface area (Å²) >= 11 is 0. The summed E-state index contributed by atoms with van der Waals surface area (Å²) in [4.78, 5) is 26.3. The number of nitrogens with zero attached hydrogens (tertiary/aromatic N) is 3. The van der Waals surface area contributed by atoms with Crippen LogP contribution in [0.3, 0.4) is 0 Å². The molecule has 2 rings (SSSR count). The van der Waals surface area contributed by atoms with Crippen molar-refractivity contribution in [1.29, 1.82) is 0 Å². The van der Waals surface area contributed by atoms with E-state index in [9.17, 15) is 14.7 Å². The topological polar surface area (TPSA) is 84.7 Å². The second-order valence-corrected chi connectivity index (χ2v) is 6.36. The molecule has 1 amide bonds. The minimum atomic E-state index is -0.834. The average Bonchev–Trinajstić information content (AvgIpc) is 2.95. The number of aryl methyl sites for hydroxylation is 1. The van der Waals surface area contributed by atoms with E-state index in [0.717, 1.165) is 5.69 Å². The number of carboxylic acid groups (broad SMARTS) is 1. The van der Waals surface area contributed by atoms with Crippen LogP contribution in [0.1, 0.15) is 49.3 Å². The minimum absolute atomic E-state index is 0.147. The van der Waals surface area contributed by atoms with Crippen LogP contribution < -0.4 is 0 Å². The zero-order valence-electron chi connectivity index (χ0n) is 14.7. The third-order valence-corrected chi connectivity index (χ3v) is 4.77. The Balaban J connectivity index is 2.17. The van der Waals surface area contributed by atoms with Gasteiger partial charge in [-0.05, 0) is 39.2 Å². The molecule has 1 N–H and O–H groups in total. The summed E-state index contributed by atoms with van der Waals surface area (Å²) in [7, 11) is 0. The standard InChI is InChI=1S/C17H27N3O4/c1-4-17(16(22)23)7-6-8-19(12-17)15(21)14-11-13(3)18-20(14)9-10-24-5-2/h11H,4-10,12H2,1-3H3,(H,22,23)/t17-/m0/s1. The van der Waals surface area contributed by atoms with Gasteiger partial charge in [-0.3, -0.25) is 14.3 Å². The van der Waals surface area contributed by atoms with E-state index in [1.807, 2.05) is 20.8 Å². The summed E-state index contributed by atoms with van der Waals surface area (Å²) in [5.74, 6) is -0.964. The molecule has 0 spiro atoms. The fourth-order valence-corrected chi connectivity index (χ4v) is 3.26. The van der Waals surface area contributed by atoms with Crippen LogP contribution in [-0.4, -0.2) is 58.0 Å². The molecule has 7 heteroatoms. The van der Waals surface area contributed by atoms with Crippen molar-refractivity contribution in [3.05, 3.63) is 17.5 Å². The fourth-order valence-electron chi connectivity index (χ4n) is 3.26.